The number of guanidine groups is 1. The summed E-state index contributed by atoms with van der Waals surface area (Å²) < 4.78 is 0. The number of nitrogens with zero attached hydrogens (tertiary/aromatic N) is 1. The summed E-state index contributed by atoms with van der Waals surface area (Å²) in [5.41, 5.74) is 8.62. The molecule has 1 aliphatic heterocycles. The number of amides is 2. The number of carbonyl (C=O) groups excluding carboxylic acids is 2. The molecule has 0 bridgehead atoms. The van der Waals surface area contributed by atoms with Crippen LogP contribution in [-0.4, -0.2) is 48.3 Å². The molecule has 190 valence electrons. The summed E-state index contributed by atoms with van der Waals surface area (Å²) in [6.45, 7) is 3.94. The second-order valence-electron chi connectivity index (χ2n) is 9.31. The molecule has 0 spiro atoms. The molecule has 2 atom stereocenters. The molecular weight excluding hydrogens is 450 g/mol. The molecule has 7 heteroatoms. The predicted octanol–water partition coefficient (Wildman–Crippen LogP) is 3.03. The van der Waals surface area contributed by atoms with E-state index in [1.165, 1.54) is 0 Å². The van der Waals surface area contributed by atoms with Gasteiger partial charge in [-0.15, -0.1) is 0 Å². The van der Waals surface area contributed by atoms with Crippen molar-refractivity contribution in [2.75, 3.05) is 19.6 Å². The molecule has 5 N–H and O–H groups in total. The molecule has 2 aromatic rings. The molecule has 7 nitrogen and oxygen atoms in total. The van der Waals surface area contributed by atoms with Gasteiger partial charge in [-0.3, -0.25) is 15.0 Å². The minimum Gasteiger partial charge on any atom is -0.370 e. The van der Waals surface area contributed by atoms with Crippen molar-refractivity contribution >= 4 is 17.8 Å². The Morgan fingerprint density at radius 2 is 1.81 bits per heavy atom. The second-order valence-corrected chi connectivity index (χ2v) is 9.31. The first kappa shape index (κ1) is 26.8. The van der Waals surface area contributed by atoms with Gasteiger partial charge in [-0.1, -0.05) is 49.1 Å². The highest BCUT2D eigenvalue weighted by molar-refractivity contribution is 5.87. The third-order valence-electron chi connectivity index (χ3n) is 6.34. The molecule has 1 fully saturated rings. The highest BCUT2D eigenvalue weighted by Gasteiger charge is 2.25. The van der Waals surface area contributed by atoms with Crippen molar-refractivity contribution in [3.8, 4) is 11.8 Å². The van der Waals surface area contributed by atoms with Crippen LogP contribution in [0.3, 0.4) is 0 Å². The average Bonchev–Trinajstić information content (AvgIpc) is 2.89. The van der Waals surface area contributed by atoms with E-state index in [0.29, 0.717) is 32.4 Å². The lowest BCUT2D eigenvalue weighted by Crippen LogP contribution is -2.48. The molecule has 1 aliphatic rings. The van der Waals surface area contributed by atoms with Gasteiger partial charge in [-0.05, 0) is 67.9 Å². The second kappa shape index (κ2) is 13.9. The van der Waals surface area contributed by atoms with Gasteiger partial charge in [0.25, 0.3) is 0 Å². The number of likely N-dealkylation sites (tertiary alicyclic amines) is 1. The van der Waals surface area contributed by atoms with E-state index >= 15 is 0 Å². The maximum absolute atomic E-state index is 12.8. The summed E-state index contributed by atoms with van der Waals surface area (Å²) in [6, 6.07) is 17.3. The SMILES string of the molecule is CCCNC(=O)[C@H](CCc1ccc(C#Cc2ccccc2)cc1)NC(=O)C[C@H]1CCCN(C(=N)N)C1. The Bertz CT molecular complexity index is 1070. The number of hydrogen-bond acceptors (Lipinski definition) is 3. The maximum atomic E-state index is 12.8. The Morgan fingerprint density at radius 1 is 1.11 bits per heavy atom. The molecule has 3 rings (SSSR count). The number of nitrogens with two attached hydrogens (primary N) is 1. The lowest BCUT2D eigenvalue weighted by Gasteiger charge is -2.32. The molecule has 2 aromatic carbocycles. The molecule has 0 saturated carbocycles. The van der Waals surface area contributed by atoms with Gasteiger partial charge in [0, 0.05) is 37.2 Å². The lowest BCUT2D eigenvalue weighted by molar-refractivity contribution is -0.129. The topological polar surface area (TPSA) is 111 Å². The first-order valence-electron chi connectivity index (χ1n) is 12.8. The van der Waals surface area contributed by atoms with Crippen molar-refractivity contribution in [2.45, 2.75) is 51.5 Å². The lowest BCUT2D eigenvalue weighted by atomic mass is 9.94. The van der Waals surface area contributed by atoms with Crippen molar-refractivity contribution in [3.05, 3.63) is 71.3 Å². The van der Waals surface area contributed by atoms with E-state index < -0.39 is 6.04 Å². The summed E-state index contributed by atoms with van der Waals surface area (Å²) in [5, 5.41) is 13.5. The standard InChI is InChI=1S/C29H37N5O2/c1-2-18-32-28(36)26(33-27(35)20-25-9-6-19-34(21-25)29(30)31)17-16-24-14-12-23(13-15-24)11-10-22-7-4-3-5-8-22/h3-5,7-8,12-15,25-26H,2,6,9,16-21H2,1H3,(H3,30,31)(H,32,36)(H,33,35)/t25-,26+/m1/s1. The van der Waals surface area contributed by atoms with E-state index in [1.807, 2.05) is 61.5 Å². The van der Waals surface area contributed by atoms with Crippen molar-refractivity contribution < 1.29 is 9.59 Å². The smallest absolute Gasteiger partial charge is 0.242 e. The molecule has 0 aromatic heterocycles. The van der Waals surface area contributed by atoms with Crippen LogP contribution in [-0.2, 0) is 16.0 Å². The van der Waals surface area contributed by atoms with Crippen molar-refractivity contribution in [1.82, 2.24) is 15.5 Å². The highest BCUT2D eigenvalue weighted by Crippen LogP contribution is 2.19. The van der Waals surface area contributed by atoms with E-state index in [0.717, 1.165) is 42.5 Å². The summed E-state index contributed by atoms with van der Waals surface area (Å²) in [6.07, 6.45) is 4.17. The van der Waals surface area contributed by atoms with E-state index in [-0.39, 0.29) is 23.7 Å². The Morgan fingerprint density at radius 3 is 2.47 bits per heavy atom. The molecule has 0 unspecified atom stereocenters. The van der Waals surface area contributed by atoms with Gasteiger partial charge in [0.15, 0.2) is 5.96 Å². The molecule has 0 aliphatic carbocycles. The largest absolute Gasteiger partial charge is 0.370 e. The summed E-state index contributed by atoms with van der Waals surface area (Å²) >= 11 is 0. The van der Waals surface area contributed by atoms with Gasteiger partial charge in [0.2, 0.25) is 11.8 Å². The number of benzene rings is 2. The zero-order valence-electron chi connectivity index (χ0n) is 21.1. The quantitative estimate of drug-likeness (QED) is 0.247. The summed E-state index contributed by atoms with van der Waals surface area (Å²) in [7, 11) is 0. The zero-order chi connectivity index (χ0) is 25.8. The normalized spacial score (nSPS) is 15.8. The van der Waals surface area contributed by atoms with Gasteiger partial charge < -0.3 is 21.3 Å². The third kappa shape index (κ3) is 8.77. The van der Waals surface area contributed by atoms with E-state index in [9.17, 15) is 9.59 Å². The predicted molar refractivity (Wildman–Crippen MR) is 143 cm³/mol. The fourth-order valence-electron chi connectivity index (χ4n) is 4.34. The Balaban J connectivity index is 1.56. The summed E-state index contributed by atoms with van der Waals surface area (Å²) in [4.78, 5) is 27.4. The van der Waals surface area contributed by atoms with Gasteiger partial charge in [0.1, 0.15) is 6.04 Å². The minimum atomic E-state index is -0.589. The Hall–Kier alpha value is -3.79. The number of nitrogens with one attached hydrogen (secondary N) is 3. The zero-order valence-corrected chi connectivity index (χ0v) is 21.1. The number of carbonyl (C=O) groups is 2. The van der Waals surface area contributed by atoms with Crippen LogP contribution in [0.25, 0.3) is 0 Å². The Labute approximate surface area is 214 Å². The van der Waals surface area contributed by atoms with Gasteiger partial charge in [-0.25, -0.2) is 0 Å². The first-order valence-corrected chi connectivity index (χ1v) is 12.8. The van der Waals surface area contributed by atoms with Crippen LogP contribution in [0, 0.1) is 23.2 Å². The van der Waals surface area contributed by atoms with E-state index in [2.05, 4.69) is 22.5 Å². The van der Waals surface area contributed by atoms with Crippen LogP contribution in [0.15, 0.2) is 54.6 Å². The maximum Gasteiger partial charge on any atom is 0.242 e. The number of hydrogen-bond donors (Lipinski definition) is 4. The van der Waals surface area contributed by atoms with Crippen LogP contribution in [0.2, 0.25) is 0 Å². The average molecular weight is 488 g/mol. The van der Waals surface area contributed by atoms with Crippen LogP contribution >= 0.6 is 0 Å². The molecule has 36 heavy (non-hydrogen) atoms. The Kier molecular flexibility index (Phi) is 10.4. The van der Waals surface area contributed by atoms with Crippen LogP contribution < -0.4 is 16.4 Å². The third-order valence-corrected chi connectivity index (χ3v) is 6.34. The van der Waals surface area contributed by atoms with Crippen LogP contribution in [0.4, 0.5) is 0 Å². The molecule has 2 amide bonds. The van der Waals surface area contributed by atoms with Gasteiger partial charge >= 0.3 is 0 Å². The molecule has 0 radical (unpaired) electrons. The number of aryl methyl sites for hydroxylation is 1. The fourth-order valence-corrected chi connectivity index (χ4v) is 4.34. The molecule has 1 heterocycles. The highest BCUT2D eigenvalue weighted by atomic mass is 16.2. The van der Waals surface area contributed by atoms with Gasteiger partial charge in [-0.2, -0.15) is 0 Å². The van der Waals surface area contributed by atoms with Crippen molar-refractivity contribution in [1.29, 1.82) is 5.41 Å². The van der Waals surface area contributed by atoms with Crippen molar-refractivity contribution in [2.24, 2.45) is 11.7 Å². The molecule has 1 saturated heterocycles. The van der Waals surface area contributed by atoms with E-state index in [4.69, 9.17) is 11.1 Å². The monoisotopic (exact) mass is 487 g/mol. The van der Waals surface area contributed by atoms with E-state index in [1.54, 1.807) is 4.90 Å². The summed E-state index contributed by atoms with van der Waals surface area (Å²) in [5.74, 6) is 6.23. The fraction of sp³-hybridized carbons (Fsp3) is 0.414. The van der Waals surface area contributed by atoms with Crippen LogP contribution in [0.1, 0.15) is 55.7 Å². The number of piperidine rings is 1. The number of rotatable bonds is 9. The van der Waals surface area contributed by atoms with Gasteiger partial charge in [0.05, 0.1) is 0 Å². The minimum absolute atomic E-state index is 0.0500. The van der Waals surface area contributed by atoms with Crippen LogP contribution in [0.5, 0.6) is 0 Å². The van der Waals surface area contributed by atoms with Crippen molar-refractivity contribution in [3.63, 3.8) is 0 Å². The molecular formula is C29H37N5O2. The first-order chi connectivity index (χ1) is 17.4.